The zero-order chi connectivity index (χ0) is 14.1. The molecule has 110 valence electrons. The van der Waals surface area contributed by atoms with Crippen molar-refractivity contribution in [2.24, 2.45) is 5.41 Å². The molecule has 1 nitrogen and oxygen atoms in total. The molecule has 1 aromatic carbocycles. The van der Waals surface area contributed by atoms with Crippen molar-refractivity contribution in [3.05, 3.63) is 34.9 Å². The van der Waals surface area contributed by atoms with E-state index in [-0.39, 0.29) is 0 Å². The highest BCUT2D eigenvalue weighted by Gasteiger charge is 2.54. The molecule has 0 unspecified atom stereocenters. The summed E-state index contributed by atoms with van der Waals surface area (Å²) in [6, 6.07) is 8.54. The van der Waals surface area contributed by atoms with Crippen LogP contribution >= 0.6 is 11.6 Å². The fourth-order valence-corrected chi connectivity index (χ4v) is 4.99. The van der Waals surface area contributed by atoms with Gasteiger partial charge >= 0.3 is 0 Å². The average Bonchev–Trinajstić information content (AvgIpc) is 2.64. The van der Waals surface area contributed by atoms with Crippen LogP contribution in [0.15, 0.2) is 24.3 Å². The van der Waals surface area contributed by atoms with Gasteiger partial charge in [0, 0.05) is 17.0 Å². The van der Waals surface area contributed by atoms with E-state index in [0.717, 1.165) is 11.6 Å². The molecular formula is C18H26ClN. The van der Waals surface area contributed by atoms with Gasteiger partial charge in [-0.15, -0.1) is 0 Å². The fourth-order valence-electron chi connectivity index (χ4n) is 4.80. The van der Waals surface area contributed by atoms with E-state index < -0.39 is 0 Å². The lowest BCUT2D eigenvalue weighted by Gasteiger charge is -2.57. The van der Waals surface area contributed by atoms with E-state index in [1.807, 2.05) is 6.07 Å². The summed E-state index contributed by atoms with van der Waals surface area (Å²) in [4.78, 5) is 0. The molecule has 2 heteroatoms. The minimum Gasteiger partial charge on any atom is -0.319 e. The quantitative estimate of drug-likeness (QED) is 0.832. The molecule has 3 rings (SSSR count). The number of rotatable bonds is 3. The highest BCUT2D eigenvalue weighted by Crippen LogP contribution is 2.61. The van der Waals surface area contributed by atoms with Crippen LogP contribution in [0.2, 0.25) is 5.02 Å². The van der Waals surface area contributed by atoms with Crippen molar-refractivity contribution in [3.8, 4) is 0 Å². The number of hydrogen-bond acceptors (Lipinski definition) is 1. The predicted octanol–water partition coefficient (Wildman–Crippen LogP) is 4.93. The second-order valence-electron chi connectivity index (χ2n) is 7.09. The van der Waals surface area contributed by atoms with Crippen LogP contribution in [-0.4, -0.2) is 13.6 Å². The molecular weight excluding hydrogens is 266 g/mol. The summed E-state index contributed by atoms with van der Waals surface area (Å²) < 4.78 is 0. The highest BCUT2D eigenvalue weighted by molar-refractivity contribution is 6.30. The zero-order valence-corrected chi connectivity index (χ0v) is 13.3. The van der Waals surface area contributed by atoms with Gasteiger partial charge in [0.15, 0.2) is 0 Å². The summed E-state index contributed by atoms with van der Waals surface area (Å²) in [6.07, 6.45) is 11.3. The normalized spacial score (nSPS) is 24.1. The fraction of sp³-hybridized carbons (Fsp3) is 0.667. The number of nitrogens with one attached hydrogen (secondary N) is 1. The number of halogens is 1. The van der Waals surface area contributed by atoms with Gasteiger partial charge < -0.3 is 5.32 Å². The summed E-state index contributed by atoms with van der Waals surface area (Å²) in [5, 5.41) is 4.30. The molecule has 1 N–H and O–H groups in total. The van der Waals surface area contributed by atoms with Crippen LogP contribution in [0.25, 0.3) is 0 Å². The van der Waals surface area contributed by atoms with Crippen molar-refractivity contribution >= 4 is 11.6 Å². The van der Waals surface area contributed by atoms with Crippen LogP contribution in [-0.2, 0) is 5.41 Å². The maximum Gasteiger partial charge on any atom is 0.0408 e. The highest BCUT2D eigenvalue weighted by atomic mass is 35.5. The molecule has 0 saturated heterocycles. The first-order chi connectivity index (χ1) is 9.68. The smallest absolute Gasteiger partial charge is 0.0408 e. The van der Waals surface area contributed by atoms with E-state index in [2.05, 4.69) is 30.6 Å². The zero-order valence-electron chi connectivity index (χ0n) is 12.6. The Labute approximate surface area is 128 Å². The van der Waals surface area contributed by atoms with Crippen molar-refractivity contribution in [3.63, 3.8) is 0 Å². The maximum absolute atomic E-state index is 6.22. The van der Waals surface area contributed by atoms with Gasteiger partial charge in [-0.3, -0.25) is 0 Å². The van der Waals surface area contributed by atoms with Gasteiger partial charge in [0.2, 0.25) is 0 Å². The Balaban J connectivity index is 1.81. The first-order valence-corrected chi connectivity index (χ1v) is 8.47. The Bertz CT molecular complexity index is 452. The third kappa shape index (κ3) is 2.63. The lowest BCUT2D eigenvalue weighted by molar-refractivity contribution is 0.00721. The Hall–Kier alpha value is -0.530. The molecule has 2 saturated carbocycles. The summed E-state index contributed by atoms with van der Waals surface area (Å²) >= 11 is 6.22. The molecule has 0 aliphatic heterocycles. The molecule has 0 aromatic heterocycles. The SMILES string of the molecule is CNCC1(c2cccc(Cl)c2)CC2(CCCCCC2)C1. The molecule has 2 fully saturated rings. The summed E-state index contributed by atoms with van der Waals surface area (Å²) in [5.41, 5.74) is 2.40. The van der Waals surface area contributed by atoms with Crippen LogP contribution < -0.4 is 5.32 Å². The average molecular weight is 292 g/mol. The monoisotopic (exact) mass is 291 g/mol. The van der Waals surface area contributed by atoms with Gasteiger partial charge in [-0.25, -0.2) is 0 Å². The summed E-state index contributed by atoms with van der Waals surface area (Å²) in [6.45, 7) is 1.08. The Kier molecular flexibility index (Phi) is 4.10. The van der Waals surface area contributed by atoms with Crippen molar-refractivity contribution < 1.29 is 0 Å². The lowest BCUT2D eigenvalue weighted by Crippen LogP contribution is -2.54. The van der Waals surface area contributed by atoms with Crippen LogP contribution in [0.3, 0.4) is 0 Å². The molecule has 0 bridgehead atoms. The van der Waals surface area contributed by atoms with Crippen molar-refractivity contribution in [1.29, 1.82) is 0 Å². The summed E-state index contributed by atoms with van der Waals surface area (Å²) in [7, 11) is 2.07. The van der Waals surface area contributed by atoms with Crippen LogP contribution in [0.1, 0.15) is 56.9 Å². The maximum atomic E-state index is 6.22. The van der Waals surface area contributed by atoms with E-state index in [4.69, 9.17) is 11.6 Å². The van der Waals surface area contributed by atoms with E-state index in [9.17, 15) is 0 Å². The van der Waals surface area contributed by atoms with Gasteiger partial charge in [0.1, 0.15) is 0 Å². The predicted molar refractivity (Wildman–Crippen MR) is 86.4 cm³/mol. The van der Waals surface area contributed by atoms with E-state index in [1.54, 1.807) is 0 Å². The topological polar surface area (TPSA) is 12.0 Å². The van der Waals surface area contributed by atoms with Gasteiger partial charge in [-0.1, -0.05) is 49.4 Å². The largest absolute Gasteiger partial charge is 0.319 e. The summed E-state index contributed by atoms with van der Waals surface area (Å²) in [5.74, 6) is 0. The van der Waals surface area contributed by atoms with Crippen LogP contribution in [0.5, 0.6) is 0 Å². The number of hydrogen-bond donors (Lipinski definition) is 1. The second kappa shape index (κ2) is 5.69. The molecule has 0 radical (unpaired) electrons. The number of likely N-dealkylation sites (N-methyl/N-ethyl adjacent to an activating group) is 1. The van der Waals surface area contributed by atoms with E-state index >= 15 is 0 Å². The Morgan fingerprint density at radius 1 is 1.10 bits per heavy atom. The van der Waals surface area contributed by atoms with Gasteiger partial charge in [0.05, 0.1) is 0 Å². The first kappa shape index (κ1) is 14.4. The lowest BCUT2D eigenvalue weighted by atomic mass is 9.48. The van der Waals surface area contributed by atoms with Crippen molar-refractivity contribution in [2.75, 3.05) is 13.6 Å². The van der Waals surface area contributed by atoms with Crippen molar-refractivity contribution in [2.45, 2.75) is 56.8 Å². The third-order valence-corrected chi connectivity index (χ3v) is 5.78. The minimum atomic E-state index is 0.323. The molecule has 0 amide bonds. The molecule has 2 aliphatic rings. The van der Waals surface area contributed by atoms with Crippen LogP contribution in [0.4, 0.5) is 0 Å². The Morgan fingerprint density at radius 3 is 2.40 bits per heavy atom. The van der Waals surface area contributed by atoms with Gasteiger partial charge in [-0.05, 0) is 55.8 Å². The molecule has 1 aromatic rings. The van der Waals surface area contributed by atoms with Crippen LogP contribution in [0, 0.1) is 5.41 Å². The molecule has 0 atom stereocenters. The molecule has 2 aliphatic carbocycles. The second-order valence-corrected chi connectivity index (χ2v) is 7.53. The Morgan fingerprint density at radius 2 is 1.80 bits per heavy atom. The first-order valence-electron chi connectivity index (χ1n) is 8.09. The van der Waals surface area contributed by atoms with Gasteiger partial charge in [-0.2, -0.15) is 0 Å². The number of benzene rings is 1. The molecule has 1 spiro atoms. The van der Waals surface area contributed by atoms with Crippen molar-refractivity contribution in [1.82, 2.24) is 5.32 Å². The third-order valence-electron chi connectivity index (χ3n) is 5.54. The minimum absolute atomic E-state index is 0.323. The molecule has 20 heavy (non-hydrogen) atoms. The standard InChI is InChI=1S/C18H26ClN/c1-20-14-18(15-7-6-8-16(19)11-15)12-17(13-18)9-4-2-3-5-10-17/h6-8,11,20H,2-5,9-10,12-14H2,1H3. The van der Waals surface area contributed by atoms with Gasteiger partial charge in [0.25, 0.3) is 0 Å². The van der Waals surface area contributed by atoms with E-state index in [1.165, 1.54) is 56.9 Å². The van der Waals surface area contributed by atoms with E-state index in [0.29, 0.717) is 10.8 Å². The molecule has 0 heterocycles.